The lowest BCUT2D eigenvalue weighted by Gasteiger charge is -2.10. The zero-order chi connectivity index (χ0) is 16.9. The molecular weight excluding hydrogens is 305 g/mol. The minimum Gasteiger partial charge on any atom is -0.325 e. The Hall–Kier alpha value is -2.34. The summed E-state index contributed by atoms with van der Waals surface area (Å²) in [7, 11) is 0. The van der Waals surface area contributed by atoms with Gasteiger partial charge in [0.25, 0.3) is 0 Å². The van der Waals surface area contributed by atoms with Crippen molar-refractivity contribution in [3.8, 4) is 0 Å². The largest absolute Gasteiger partial charge is 0.416 e. The van der Waals surface area contributed by atoms with E-state index < -0.39 is 17.6 Å². The van der Waals surface area contributed by atoms with Gasteiger partial charge in [-0.3, -0.25) is 4.79 Å². The summed E-state index contributed by atoms with van der Waals surface area (Å²) < 4.78 is 37.8. The molecule has 0 atom stereocenters. The molecule has 1 amide bonds. The molecule has 2 aromatic rings. The molecule has 0 aliphatic rings. The van der Waals surface area contributed by atoms with Crippen LogP contribution in [0.25, 0.3) is 0 Å². The summed E-state index contributed by atoms with van der Waals surface area (Å²) in [6.07, 6.45) is -4.43. The van der Waals surface area contributed by atoms with Crippen molar-refractivity contribution in [2.75, 3.05) is 11.9 Å². The molecule has 0 aliphatic heterocycles. The first-order chi connectivity index (χ1) is 10.8. The van der Waals surface area contributed by atoms with Crippen LogP contribution >= 0.6 is 0 Å². The number of hydrogen-bond acceptors (Lipinski definition) is 2. The number of nitrogens with one attached hydrogen (secondary N) is 2. The zero-order valence-electron chi connectivity index (χ0n) is 12.6. The smallest absolute Gasteiger partial charge is 0.325 e. The Kier molecular flexibility index (Phi) is 5.39. The summed E-state index contributed by atoms with van der Waals surface area (Å²) in [5.41, 5.74) is 1.52. The summed E-state index contributed by atoms with van der Waals surface area (Å²) in [4.78, 5) is 11.8. The van der Waals surface area contributed by atoms with Crippen LogP contribution in [0.1, 0.15) is 16.7 Å². The molecule has 122 valence electrons. The van der Waals surface area contributed by atoms with Crippen molar-refractivity contribution in [2.24, 2.45) is 0 Å². The highest BCUT2D eigenvalue weighted by atomic mass is 19.4. The normalized spacial score (nSPS) is 11.3. The van der Waals surface area contributed by atoms with Gasteiger partial charge in [-0.05, 0) is 30.7 Å². The van der Waals surface area contributed by atoms with E-state index in [4.69, 9.17) is 0 Å². The lowest BCUT2D eigenvalue weighted by atomic mass is 10.1. The molecule has 0 saturated carbocycles. The van der Waals surface area contributed by atoms with E-state index in [-0.39, 0.29) is 12.2 Å². The van der Waals surface area contributed by atoms with Gasteiger partial charge in [0.1, 0.15) is 0 Å². The summed E-state index contributed by atoms with van der Waals surface area (Å²) >= 11 is 0. The van der Waals surface area contributed by atoms with Gasteiger partial charge in [-0.1, -0.05) is 35.9 Å². The summed E-state index contributed by atoms with van der Waals surface area (Å²) in [6.45, 7) is 2.51. The van der Waals surface area contributed by atoms with Crippen molar-refractivity contribution in [1.82, 2.24) is 5.32 Å². The van der Waals surface area contributed by atoms with Gasteiger partial charge >= 0.3 is 6.18 Å². The maximum Gasteiger partial charge on any atom is 0.416 e. The van der Waals surface area contributed by atoms with Gasteiger partial charge in [-0.15, -0.1) is 0 Å². The Balaban J connectivity index is 1.84. The highest BCUT2D eigenvalue weighted by molar-refractivity contribution is 5.92. The van der Waals surface area contributed by atoms with Crippen LogP contribution in [-0.2, 0) is 17.5 Å². The number of rotatable bonds is 5. The fourth-order valence-corrected chi connectivity index (χ4v) is 2.00. The quantitative estimate of drug-likeness (QED) is 0.880. The van der Waals surface area contributed by atoms with E-state index in [2.05, 4.69) is 10.6 Å². The predicted molar refractivity (Wildman–Crippen MR) is 83.0 cm³/mol. The van der Waals surface area contributed by atoms with Crippen LogP contribution in [0.15, 0.2) is 48.5 Å². The first kappa shape index (κ1) is 17.0. The Morgan fingerprint density at radius 3 is 2.43 bits per heavy atom. The molecule has 0 aliphatic carbocycles. The van der Waals surface area contributed by atoms with Crippen LogP contribution in [0.2, 0.25) is 0 Å². The Morgan fingerprint density at radius 2 is 1.78 bits per heavy atom. The minimum absolute atomic E-state index is 0.0180. The van der Waals surface area contributed by atoms with Crippen LogP contribution in [-0.4, -0.2) is 12.5 Å². The molecule has 0 bridgehead atoms. The Bertz CT molecular complexity index is 666. The third-order valence-corrected chi connectivity index (χ3v) is 3.21. The number of aryl methyl sites for hydroxylation is 1. The molecule has 23 heavy (non-hydrogen) atoms. The molecule has 6 heteroatoms. The van der Waals surface area contributed by atoms with Crippen molar-refractivity contribution in [1.29, 1.82) is 0 Å². The van der Waals surface area contributed by atoms with Crippen LogP contribution in [0, 0.1) is 6.92 Å². The first-order valence-electron chi connectivity index (χ1n) is 7.08. The summed E-state index contributed by atoms with van der Waals surface area (Å²) in [5, 5.41) is 5.40. The number of alkyl halides is 3. The van der Waals surface area contributed by atoms with E-state index in [9.17, 15) is 18.0 Å². The number of amides is 1. The van der Waals surface area contributed by atoms with Crippen molar-refractivity contribution in [3.05, 3.63) is 65.2 Å². The van der Waals surface area contributed by atoms with Gasteiger partial charge in [0.05, 0.1) is 12.1 Å². The van der Waals surface area contributed by atoms with E-state index >= 15 is 0 Å². The van der Waals surface area contributed by atoms with Gasteiger partial charge in [0.2, 0.25) is 5.91 Å². The molecule has 0 saturated heterocycles. The molecule has 2 N–H and O–H groups in total. The average molecular weight is 322 g/mol. The highest BCUT2D eigenvalue weighted by Gasteiger charge is 2.30. The number of anilines is 1. The standard InChI is InChI=1S/C17H17F3N2O/c1-12-5-7-13(8-6-12)10-21-11-16(23)22-15-4-2-3-14(9-15)17(18,19)20/h2-9,21H,10-11H2,1H3,(H,22,23). The second kappa shape index (κ2) is 7.28. The first-order valence-corrected chi connectivity index (χ1v) is 7.08. The Morgan fingerprint density at radius 1 is 1.09 bits per heavy atom. The number of carbonyl (C=O) groups is 1. The zero-order valence-corrected chi connectivity index (χ0v) is 12.6. The molecule has 0 unspecified atom stereocenters. The average Bonchev–Trinajstić information content (AvgIpc) is 2.49. The highest BCUT2D eigenvalue weighted by Crippen LogP contribution is 2.30. The van der Waals surface area contributed by atoms with E-state index in [0.29, 0.717) is 6.54 Å². The topological polar surface area (TPSA) is 41.1 Å². The Labute approximate surface area is 132 Å². The SMILES string of the molecule is Cc1ccc(CNCC(=O)Nc2cccc(C(F)(F)F)c2)cc1. The van der Waals surface area contributed by atoms with E-state index in [0.717, 1.165) is 23.3 Å². The maximum atomic E-state index is 12.6. The van der Waals surface area contributed by atoms with Crippen molar-refractivity contribution in [3.63, 3.8) is 0 Å². The van der Waals surface area contributed by atoms with Crippen LogP contribution in [0.4, 0.5) is 18.9 Å². The van der Waals surface area contributed by atoms with E-state index in [1.165, 1.54) is 12.1 Å². The third-order valence-electron chi connectivity index (χ3n) is 3.21. The molecule has 3 nitrogen and oxygen atoms in total. The summed E-state index contributed by atoms with van der Waals surface area (Å²) in [6, 6.07) is 12.4. The minimum atomic E-state index is -4.43. The fourth-order valence-electron chi connectivity index (χ4n) is 2.00. The molecule has 0 heterocycles. The monoisotopic (exact) mass is 322 g/mol. The van der Waals surface area contributed by atoms with Crippen molar-refractivity contribution >= 4 is 11.6 Å². The number of hydrogen-bond donors (Lipinski definition) is 2. The lowest BCUT2D eigenvalue weighted by Crippen LogP contribution is -2.27. The molecule has 2 aromatic carbocycles. The van der Waals surface area contributed by atoms with Gasteiger partial charge in [0.15, 0.2) is 0 Å². The van der Waals surface area contributed by atoms with Crippen LogP contribution in [0.5, 0.6) is 0 Å². The molecule has 0 aromatic heterocycles. The molecular formula is C17H17F3N2O. The molecule has 0 fully saturated rings. The molecule has 0 spiro atoms. The maximum absolute atomic E-state index is 12.6. The van der Waals surface area contributed by atoms with Gasteiger partial charge in [-0.25, -0.2) is 0 Å². The lowest BCUT2D eigenvalue weighted by molar-refractivity contribution is -0.137. The second-order valence-corrected chi connectivity index (χ2v) is 5.22. The van der Waals surface area contributed by atoms with Crippen LogP contribution in [0.3, 0.4) is 0 Å². The number of benzene rings is 2. The van der Waals surface area contributed by atoms with Crippen molar-refractivity contribution < 1.29 is 18.0 Å². The van der Waals surface area contributed by atoms with Gasteiger partial charge < -0.3 is 10.6 Å². The third kappa shape index (κ3) is 5.41. The number of halogens is 3. The van der Waals surface area contributed by atoms with E-state index in [1.54, 1.807) is 0 Å². The molecule has 0 radical (unpaired) electrons. The molecule has 2 rings (SSSR count). The fraction of sp³-hybridized carbons (Fsp3) is 0.235. The second-order valence-electron chi connectivity index (χ2n) is 5.22. The predicted octanol–water partition coefficient (Wildman–Crippen LogP) is 3.74. The van der Waals surface area contributed by atoms with E-state index in [1.807, 2.05) is 31.2 Å². The van der Waals surface area contributed by atoms with Crippen LogP contribution < -0.4 is 10.6 Å². The van der Waals surface area contributed by atoms with Crippen molar-refractivity contribution in [2.45, 2.75) is 19.6 Å². The van der Waals surface area contributed by atoms with Gasteiger partial charge in [0, 0.05) is 12.2 Å². The van der Waals surface area contributed by atoms with Gasteiger partial charge in [-0.2, -0.15) is 13.2 Å². The number of carbonyl (C=O) groups excluding carboxylic acids is 1. The summed E-state index contributed by atoms with van der Waals surface area (Å²) in [5.74, 6) is -0.392.